The summed E-state index contributed by atoms with van der Waals surface area (Å²) in [6.45, 7) is 1.86. The molecule has 1 rings (SSSR count). The molecule has 86 valence electrons. The number of hydrazine groups is 1. The van der Waals surface area contributed by atoms with Gasteiger partial charge in [0.15, 0.2) is 0 Å². The number of rotatable bonds is 2. The molecule has 6 heteroatoms. The van der Waals surface area contributed by atoms with Crippen LogP contribution in [0.4, 0.5) is 4.79 Å². The van der Waals surface area contributed by atoms with Crippen molar-refractivity contribution in [2.24, 2.45) is 5.73 Å². The summed E-state index contributed by atoms with van der Waals surface area (Å²) in [6, 6.07) is 4.12. The Kier molecular flexibility index (Phi) is 3.71. The Labute approximate surface area is 92.7 Å². The molecule has 0 saturated carbocycles. The zero-order chi connectivity index (χ0) is 12.1. The number of hydrogen-bond acceptors (Lipinski definition) is 3. The molecule has 0 aliphatic rings. The Morgan fingerprint density at radius 3 is 2.56 bits per heavy atom. The molecule has 0 spiro atoms. The Morgan fingerprint density at radius 1 is 1.31 bits per heavy atom. The molecule has 0 bridgehead atoms. The SMILES string of the molecule is COc1cc(C(=O)NNC(N)=O)ccc1C. The van der Waals surface area contributed by atoms with Crippen LogP contribution in [0, 0.1) is 6.92 Å². The fourth-order valence-corrected chi connectivity index (χ4v) is 1.15. The summed E-state index contributed by atoms with van der Waals surface area (Å²) in [7, 11) is 1.52. The van der Waals surface area contributed by atoms with Crippen LogP contribution in [0.1, 0.15) is 15.9 Å². The largest absolute Gasteiger partial charge is 0.496 e. The number of aryl methyl sites for hydroxylation is 1. The van der Waals surface area contributed by atoms with Crippen molar-refractivity contribution in [2.45, 2.75) is 6.92 Å². The third kappa shape index (κ3) is 2.88. The molecule has 3 amide bonds. The van der Waals surface area contributed by atoms with Crippen molar-refractivity contribution in [3.8, 4) is 5.75 Å². The number of methoxy groups -OCH3 is 1. The van der Waals surface area contributed by atoms with Crippen LogP contribution >= 0.6 is 0 Å². The van der Waals surface area contributed by atoms with Gasteiger partial charge in [-0.25, -0.2) is 10.2 Å². The predicted molar refractivity (Wildman–Crippen MR) is 57.9 cm³/mol. The fourth-order valence-electron chi connectivity index (χ4n) is 1.15. The predicted octanol–water partition coefficient (Wildman–Crippen LogP) is 0.317. The Balaban J connectivity index is 2.80. The summed E-state index contributed by atoms with van der Waals surface area (Å²) in [5.74, 6) is 0.142. The van der Waals surface area contributed by atoms with Crippen LogP contribution in [0.3, 0.4) is 0 Å². The minimum Gasteiger partial charge on any atom is -0.496 e. The van der Waals surface area contributed by atoms with E-state index in [9.17, 15) is 9.59 Å². The van der Waals surface area contributed by atoms with Gasteiger partial charge in [0.2, 0.25) is 0 Å². The minimum absolute atomic E-state index is 0.371. The number of urea groups is 1. The van der Waals surface area contributed by atoms with Gasteiger partial charge in [0.05, 0.1) is 7.11 Å². The van der Waals surface area contributed by atoms with Crippen LogP contribution < -0.4 is 21.3 Å². The Bertz CT molecular complexity index is 418. The van der Waals surface area contributed by atoms with Gasteiger partial charge in [0, 0.05) is 5.56 Å². The molecule has 0 aliphatic heterocycles. The molecule has 0 saturated heterocycles. The van der Waals surface area contributed by atoms with Gasteiger partial charge in [-0.3, -0.25) is 10.2 Å². The van der Waals surface area contributed by atoms with E-state index in [1.807, 2.05) is 12.3 Å². The van der Waals surface area contributed by atoms with Crippen LogP contribution in [0.15, 0.2) is 18.2 Å². The van der Waals surface area contributed by atoms with Crippen molar-refractivity contribution >= 4 is 11.9 Å². The number of ether oxygens (including phenoxy) is 1. The second-order valence-electron chi connectivity index (χ2n) is 3.13. The number of amides is 3. The van der Waals surface area contributed by atoms with Crippen molar-refractivity contribution < 1.29 is 14.3 Å². The second kappa shape index (κ2) is 5.01. The summed E-state index contributed by atoms with van der Waals surface area (Å²) >= 11 is 0. The van der Waals surface area contributed by atoms with E-state index in [0.29, 0.717) is 11.3 Å². The Morgan fingerprint density at radius 2 is 2.00 bits per heavy atom. The van der Waals surface area contributed by atoms with Crippen LogP contribution in [0.5, 0.6) is 5.75 Å². The van der Waals surface area contributed by atoms with E-state index >= 15 is 0 Å². The first-order valence-electron chi connectivity index (χ1n) is 4.55. The van der Waals surface area contributed by atoms with Crippen LogP contribution in [0.25, 0.3) is 0 Å². The lowest BCUT2D eigenvalue weighted by molar-refractivity contribution is 0.0937. The molecule has 0 atom stereocenters. The van der Waals surface area contributed by atoms with E-state index in [1.165, 1.54) is 7.11 Å². The molecule has 0 unspecified atom stereocenters. The maximum absolute atomic E-state index is 11.5. The molecule has 1 aromatic carbocycles. The van der Waals surface area contributed by atoms with Crippen molar-refractivity contribution in [3.05, 3.63) is 29.3 Å². The number of nitrogens with one attached hydrogen (secondary N) is 2. The minimum atomic E-state index is -0.826. The third-order valence-corrected chi connectivity index (χ3v) is 1.97. The molecule has 6 nitrogen and oxygen atoms in total. The lowest BCUT2D eigenvalue weighted by Gasteiger charge is -2.08. The zero-order valence-corrected chi connectivity index (χ0v) is 9.03. The number of hydrogen-bond donors (Lipinski definition) is 3. The van der Waals surface area contributed by atoms with Crippen LogP contribution in [0.2, 0.25) is 0 Å². The molecular weight excluding hydrogens is 210 g/mol. The molecule has 0 heterocycles. The van der Waals surface area contributed by atoms with E-state index < -0.39 is 11.9 Å². The monoisotopic (exact) mass is 223 g/mol. The molecule has 4 N–H and O–H groups in total. The van der Waals surface area contributed by atoms with E-state index in [-0.39, 0.29) is 0 Å². The van der Waals surface area contributed by atoms with E-state index in [0.717, 1.165) is 5.56 Å². The highest BCUT2D eigenvalue weighted by Crippen LogP contribution is 2.18. The van der Waals surface area contributed by atoms with Gasteiger partial charge in [-0.05, 0) is 24.6 Å². The van der Waals surface area contributed by atoms with E-state index in [1.54, 1.807) is 18.2 Å². The lowest BCUT2D eigenvalue weighted by atomic mass is 10.1. The lowest BCUT2D eigenvalue weighted by Crippen LogP contribution is -2.44. The van der Waals surface area contributed by atoms with E-state index in [4.69, 9.17) is 10.5 Å². The maximum atomic E-state index is 11.5. The summed E-state index contributed by atoms with van der Waals surface area (Å²) in [4.78, 5) is 21.9. The van der Waals surface area contributed by atoms with Crippen LogP contribution in [-0.4, -0.2) is 19.0 Å². The molecule has 0 fully saturated rings. The zero-order valence-electron chi connectivity index (χ0n) is 9.03. The van der Waals surface area contributed by atoms with E-state index in [2.05, 4.69) is 5.43 Å². The summed E-state index contributed by atoms with van der Waals surface area (Å²) in [5.41, 5.74) is 10.2. The maximum Gasteiger partial charge on any atom is 0.330 e. The number of carbonyl (C=O) groups is 2. The average Bonchev–Trinajstić information content (AvgIpc) is 2.26. The van der Waals surface area contributed by atoms with Crippen molar-refractivity contribution in [2.75, 3.05) is 7.11 Å². The molecular formula is C10H13N3O3. The number of benzene rings is 1. The van der Waals surface area contributed by atoms with Gasteiger partial charge in [0.25, 0.3) is 5.91 Å². The molecule has 0 aliphatic carbocycles. The topological polar surface area (TPSA) is 93.4 Å². The second-order valence-corrected chi connectivity index (χ2v) is 3.13. The average molecular weight is 223 g/mol. The van der Waals surface area contributed by atoms with Gasteiger partial charge >= 0.3 is 6.03 Å². The van der Waals surface area contributed by atoms with Gasteiger partial charge in [-0.1, -0.05) is 6.07 Å². The van der Waals surface area contributed by atoms with Gasteiger partial charge < -0.3 is 10.5 Å². The fraction of sp³-hybridized carbons (Fsp3) is 0.200. The summed E-state index contributed by atoms with van der Waals surface area (Å²) in [5, 5.41) is 0. The number of primary amides is 1. The third-order valence-electron chi connectivity index (χ3n) is 1.97. The van der Waals surface area contributed by atoms with Crippen molar-refractivity contribution in [1.29, 1.82) is 0 Å². The number of carbonyl (C=O) groups excluding carboxylic acids is 2. The molecule has 0 radical (unpaired) electrons. The molecule has 0 aromatic heterocycles. The first kappa shape index (κ1) is 11.8. The van der Waals surface area contributed by atoms with Gasteiger partial charge in [0.1, 0.15) is 5.75 Å². The summed E-state index contributed by atoms with van der Waals surface area (Å²) in [6.07, 6.45) is 0. The first-order valence-corrected chi connectivity index (χ1v) is 4.55. The highest BCUT2D eigenvalue weighted by Gasteiger charge is 2.08. The van der Waals surface area contributed by atoms with Crippen molar-refractivity contribution in [3.63, 3.8) is 0 Å². The Hall–Kier alpha value is -2.24. The number of nitrogens with two attached hydrogens (primary N) is 1. The molecule has 1 aromatic rings. The van der Waals surface area contributed by atoms with Gasteiger partial charge in [-0.2, -0.15) is 0 Å². The quantitative estimate of drug-likeness (QED) is 0.630. The highest BCUT2D eigenvalue weighted by atomic mass is 16.5. The van der Waals surface area contributed by atoms with Crippen LogP contribution in [-0.2, 0) is 0 Å². The van der Waals surface area contributed by atoms with Crippen molar-refractivity contribution in [1.82, 2.24) is 10.9 Å². The smallest absolute Gasteiger partial charge is 0.330 e. The highest BCUT2D eigenvalue weighted by molar-refractivity contribution is 5.95. The standard InChI is InChI=1S/C10H13N3O3/c1-6-3-4-7(5-8(6)16-2)9(14)12-13-10(11)15/h3-5H,1-2H3,(H,12,14)(H3,11,13,15). The molecule has 16 heavy (non-hydrogen) atoms. The summed E-state index contributed by atoms with van der Waals surface area (Å²) < 4.78 is 5.07. The first-order chi connectivity index (χ1) is 7.54. The normalized spacial score (nSPS) is 9.38. The van der Waals surface area contributed by atoms with Gasteiger partial charge in [-0.15, -0.1) is 0 Å².